The molecule has 0 spiro atoms. The first-order chi connectivity index (χ1) is 11.1. The van der Waals surface area contributed by atoms with Gasteiger partial charge in [-0.2, -0.15) is 0 Å². The van der Waals surface area contributed by atoms with Gasteiger partial charge in [-0.1, -0.05) is 0 Å². The van der Waals surface area contributed by atoms with Crippen molar-refractivity contribution in [3.8, 4) is 0 Å². The molecule has 3 unspecified atom stereocenters. The Labute approximate surface area is 136 Å². The van der Waals surface area contributed by atoms with Crippen molar-refractivity contribution in [3.05, 3.63) is 23.7 Å². The van der Waals surface area contributed by atoms with Gasteiger partial charge in [-0.3, -0.25) is 9.69 Å². The molecule has 7 nitrogen and oxygen atoms in total. The molecule has 2 aliphatic rings. The monoisotopic (exact) mass is 323 g/mol. The second kappa shape index (κ2) is 7.44. The fourth-order valence-corrected chi connectivity index (χ4v) is 3.17. The summed E-state index contributed by atoms with van der Waals surface area (Å²) in [6.45, 7) is 5.91. The van der Waals surface area contributed by atoms with Crippen molar-refractivity contribution in [2.45, 2.75) is 31.5 Å². The van der Waals surface area contributed by atoms with Crippen molar-refractivity contribution in [1.29, 1.82) is 0 Å². The Bertz CT molecular complexity index is 527. The van der Waals surface area contributed by atoms with Gasteiger partial charge in [0, 0.05) is 26.2 Å². The van der Waals surface area contributed by atoms with Gasteiger partial charge in [-0.25, -0.2) is 0 Å². The molecule has 23 heavy (non-hydrogen) atoms. The molecule has 2 aliphatic heterocycles. The number of aliphatic hydroxyl groups is 1. The van der Waals surface area contributed by atoms with Crippen LogP contribution in [0.5, 0.6) is 0 Å². The maximum Gasteiger partial charge on any atom is 0.237 e. The predicted molar refractivity (Wildman–Crippen MR) is 84.0 cm³/mol. The van der Waals surface area contributed by atoms with Crippen LogP contribution in [0.15, 0.2) is 16.5 Å². The highest BCUT2D eigenvalue weighted by atomic mass is 16.5. The number of amides is 1. The van der Waals surface area contributed by atoms with Gasteiger partial charge in [0.1, 0.15) is 11.5 Å². The third-order valence-electron chi connectivity index (χ3n) is 4.47. The first kappa shape index (κ1) is 16.4. The predicted octanol–water partition coefficient (Wildman–Crippen LogP) is -0.200. The molecule has 128 valence electrons. The first-order valence-corrected chi connectivity index (χ1v) is 8.21. The van der Waals surface area contributed by atoms with Crippen molar-refractivity contribution >= 4 is 5.91 Å². The van der Waals surface area contributed by atoms with Gasteiger partial charge in [0.25, 0.3) is 0 Å². The van der Waals surface area contributed by atoms with Crippen LogP contribution in [0.25, 0.3) is 0 Å². The van der Waals surface area contributed by atoms with Crippen LogP contribution in [-0.4, -0.2) is 67.5 Å². The smallest absolute Gasteiger partial charge is 0.237 e. The lowest BCUT2D eigenvalue weighted by atomic mass is 10.1. The van der Waals surface area contributed by atoms with Gasteiger partial charge in [0.2, 0.25) is 5.91 Å². The zero-order valence-electron chi connectivity index (χ0n) is 13.5. The fraction of sp³-hybridized carbons (Fsp3) is 0.688. The van der Waals surface area contributed by atoms with Crippen LogP contribution in [0.1, 0.15) is 24.0 Å². The standard InChI is InChI=1S/C16H25N3O4/c1-11-2-3-15(23-11)14(19-4-6-22-7-5-19)10-18-16(21)13-8-12(20)9-17-13/h2-3,12-14,17,20H,4-10H2,1H3,(H,18,21). The minimum atomic E-state index is -0.437. The van der Waals surface area contributed by atoms with Crippen LogP contribution in [-0.2, 0) is 9.53 Å². The fourth-order valence-electron chi connectivity index (χ4n) is 3.17. The molecule has 1 amide bonds. The molecule has 2 fully saturated rings. The summed E-state index contributed by atoms with van der Waals surface area (Å²) < 4.78 is 11.2. The number of hydrogen-bond acceptors (Lipinski definition) is 6. The molecular formula is C16H25N3O4. The first-order valence-electron chi connectivity index (χ1n) is 8.21. The quantitative estimate of drug-likeness (QED) is 0.696. The number of nitrogens with zero attached hydrogens (tertiary/aromatic N) is 1. The minimum absolute atomic E-state index is 0.00266. The zero-order valence-corrected chi connectivity index (χ0v) is 13.5. The SMILES string of the molecule is Cc1ccc(C(CNC(=O)C2CC(O)CN2)N2CCOCC2)o1. The van der Waals surface area contributed by atoms with Crippen LogP contribution in [0.2, 0.25) is 0 Å². The zero-order chi connectivity index (χ0) is 16.2. The topological polar surface area (TPSA) is 87.0 Å². The summed E-state index contributed by atoms with van der Waals surface area (Å²) in [6, 6.07) is 3.61. The summed E-state index contributed by atoms with van der Waals surface area (Å²) >= 11 is 0. The van der Waals surface area contributed by atoms with E-state index < -0.39 is 6.10 Å². The van der Waals surface area contributed by atoms with Crippen LogP contribution in [0.3, 0.4) is 0 Å². The molecule has 2 saturated heterocycles. The number of carbonyl (C=O) groups excluding carboxylic acids is 1. The van der Waals surface area contributed by atoms with Gasteiger partial charge in [-0.05, 0) is 25.5 Å². The molecular weight excluding hydrogens is 298 g/mol. The molecule has 0 bridgehead atoms. The van der Waals surface area contributed by atoms with Crippen LogP contribution in [0, 0.1) is 6.92 Å². The summed E-state index contributed by atoms with van der Waals surface area (Å²) in [5, 5.41) is 15.6. The molecule has 0 saturated carbocycles. The third-order valence-corrected chi connectivity index (χ3v) is 4.47. The summed E-state index contributed by atoms with van der Waals surface area (Å²) in [5.74, 6) is 1.66. The van der Waals surface area contributed by atoms with Crippen molar-refractivity contribution in [1.82, 2.24) is 15.5 Å². The number of aliphatic hydroxyl groups excluding tert-OH is 1. The largest absolute Gasteiger partial charge is 0.465 e. The number of furan rings is 1. The summed E-state index contributed by atoms with van der Waals surface area (Å²) in [4.78, 5) is 14.5. The summed E-state index contributed by atoms with van der Waals surface area (Å²) in [6.07, 6.45) is 0.0296. The van der Waals surface area contributed by atoms with Crippen LogP contribution in [0.4, 0.5) is 0 Å². The lowest BCUT2D eigenvalue weighted by molar-refractivity contribution is -0.123. The highest BCUT2D eigenvalue weighted by molar-refractivity contribution is 5.82. The number of β-amino-alcohol motifs (C(OH)–C–C–N with tert-alkyl or cyclic N) is 1. The summed E-state index contributed by atoms with van der Waals surface area (Å²) in [7, 11) is 0. The molecule has 0 aromatic carbocycles. The van der Waals surface area contributed by atoms with E-state index in [4.69, 9.17) is 9.15 Å². The molecule has 0 radical (unpaired) electrons. The lowest BCUT2D eigenvalue weighted by Crippen LogP contribution is -2.47. The third kappa shape index (κ3) is 4.11. The van der Waals surface area contributed by atoms with Crippen molar-refractivity contribution in [2.24, 2.45) is 0 Å². The second-order valence-electron chi connectivity index (χ2n) is 6.21. The number of ether oxygens (including phenoxy) is 1. The Balaban J connectivity index is 1.62. The van der Waals surface area contributed by atoms with Crippen molar-refractivity contribution in [2.75, 3.05) is 39.4 Å². The van der Waals surface area contributed by atoms with E-state index in [9.17, 15) is 9.90 Å². The average Bonchev–Trinajstić information content (AvgIpc) is 3.17. The Morgan fingerprint density at radius 1 is 1.48 bits per heavy atom. The summed E-state index contributed by atoms with van der Waals surface area (Å²) in [5.41, 5.74) is 0. The Hall–Kier alpha value is -1.41. The van der Waals surface area contributed by atoms with Crippen LogP contribution >= 0.6 is 0 Å². The van der Waals surface area contributed by atoms with E-state index in [0.29, 0.717) is 32.7 Å². The molecule has 3 atom stereocenters. The van der Waals surface area contributed by atoms with E-state index in [1.807, 2.05) is 19.1 Å². The average molecular weight is 323 g/mol. The Kier molecular flexibility index (Phi) is 5.32. The number of rotatable bonds is 5. The highest BCUT2D eigenvalue weighted by Crippen LogP contribution is 2.23. The number of morpholine rings is 1. The number of hydrogen-bond donors (Lipinski definition) is 3. The molecule has 1 aromatic heterocycles. The maximum atomic E-state index is 12.3. The molecule has 3 rings (SSSR count). The van der Waals surface area contributed by atoms with Gasteiger partial charge in [-0.15, -0.1) is 0 Å². The van der Waals surface area contributed by atoms with E-state index in [2.05, 4.69) is 15.5 Å². The van der Waals surface area contributed by atoms with Crippen LogP contribution < -0.4 is 10.6 Å². The molecule has 1 aromatic rings. The highest BCUT2D eigenvalue weighted by Gasteiger charge is 2.30. The Morgan fingerprint density at radius 2 is 2.26 bits per heavy atom. The number of aryl methyl sites for hydroxylation is 1. The van der Waals surface area contributed by atoms with Gasteiger partial charge < -0.3 is 24.9 Å². The van der Waals surface area contributed by atoms with E-state index >= 15 is 0 Å². The Morgan fingerprint density at radius 3 is 2.87 bits per heavy atom. The number of carbonyl (C=O) groups is 1. The van der Waals surface area contributed by atoms with Gasteiger partial charge in [0.05, 0.1) is 31.4 Å². The van der Waals surface area contributed by atoms with Crippen molar-refractivity contribution < 1.29 is 19.1 Å². The van der Waals surface area contributed by atoms with Gasteiger partial charge in [0.15, 0.2) is 0 Å². The normalized spacial score (nSPS) is 27.0. The second-order valence-corrected chi connectivity index (χ2v) is 6.21. The lowest BCUT2D eigenvalue weighted by Gasteiger charge is -2.33. The molecule has 3 N–H and O–H groups in total. The minimum Gasteiger partial charge on any atom is -0.465 e. The van der Waals surface area contributed by atoms with Gasteiger partial charge >= 0.3 is 0 Å². The molecule has 7 heteroatoms. The van der Waals surface area contributed by atoms with E-state index in [1.54, 1.807) is 0 Å². The molecule has 0 aliphatic carbocycles. The van der Waals surface area contributed by atoms with E-state index in [1.165, 1.54) is 0 Å². The van der Waals surface area contributed by atoms with E-state index in [-0.39, 0.29) is 18.0 Å². The van der Waals surface area contributed by atoms with Crippen molar-refractivity contribution in [3.63, 3.8) is 0 Å². The maximum absolute atomic E-state index is 12.3. The van der Waals surface area contributed by atoms with E-state index in [0.717, 1.165) is 24.6 Å². The molecule has 3 heterocycles. The number of nitrogens with one attached hydrogen (secondary N) is 2.